The van der Waals surface area contributed by atoms with Gasteiger partial charge in [-0.2, -0.15) is 9.61 Å². The van der Waals surface area contributed by atoms with Crippen LogP contribution < -0.4 is 4.72 Å². The van der Waals surface area contributed by atoms with Crippen molar-refractivity contribution < 1.29 is 12.8 Å². The fourth-order valence-electron chi connectivity index (χ4n) is 2.08. The van der Waals surface area contributed by atoms with E-state index in [0.717, 1.165) is 5.01 Å². The monoisotopic (exact) mass is 340 g/mol. The number of nitrogens with one attached hydrogen (secondary N) is 1. The average molecular weight is 340 g/mol. The van der Waals surface area contributed by atoms with Crippen LogP contribution >= 0.6 is 11.3 Å². The van der Waals surface area contributed by atoms with Gasteiger partial charge in [-0.1, -0.05) is 23.5 Å². The van der Waals surface area contributed by atoms with Crippen molar-refractivity contribution in [3.05, 3.63) is 46.3 Å². The second kappa shape index (κ2) is 5.41. The zero-order valence-electron chi connectivity index (χ0n) is 11.9. The van der Waals surface area contributed by atoms with Gasteiger partial charge >= 0.3 is 0 Å². The van der Waals surface area contributed by atoms with Crippen LogP contribution in [-0.4, -0.2) is 23.0 Å². The van der Waals surface area contributed by atoms with Gasteiger partial charge in [-0.05, 0) is 31.5 Å². The Balaban J connectivity index is 1.91. The number of rotatable bonds is 4. The summed E-state index contributed by atoms with van der Waals surface area (Å²) in [5.74, 6) is -0.363. The van der Waals surface area contributed by atoms with Crippen LogP contribution in [-0.2, 0) is 16.6 Å². The third kappa shape index (κ3) is 2.74. The smallest absolute Gasteiger partial charge is 0.221 e. The van der Waals surface area contributed by atoms with Gasteiger partial charge in [0.25, 0.3) is 10.0 Å². The first-order valence-electron chi connectivity index (χ1n) is 6.44. The van der Waals surface area contributed by atoms with Crippen molar-refractivity contribution in [3.63, 3.8) is 0 Å². The van der Waals surface area contributed by atoms with Gasteiger partial charge in [0, 0.05) is 6.54 Å². The highest BCUT2D eigenvalue weighted by atomic mass is 32.2. The van der Waals surface area contributed by atoms with E-state index in [1.165, 1.54) is 40.1 Å². The normalized spacial score (nSPS) is 12.1. The first-order chi connectivity index (χ1) is 10.4. The molecule has 0 bridgehead atoms. The van der Waals surface area contributed by atoms with Crippen LogP contribution in [0.5, 0.6) is 0 Å². The fraction of sp³-hybridized carbons (Fsp3) is 0.231. The SMILES string of the molecule is Cc1nn2c(S(=O)(=O)NCc3ccc(F)cc3)c(C)nc2s1. The molecular weight excluding hydrogens is 327 g/mol. The maximum atomic E-state index is 12.9. The molecule has 0 unspecified atom stereocenters. The molecule has 0 atom stereocenters. The maximum Gasteiger partial charge on any atom is 0.260 e. The van der Waals surface area contributed by atoms with Crippen molar-refractivity contribution in [2.45, 2.75) is 25.4 Å². The second-order valence-corrected chi connectivity index (χ2v) is 7.61. The Morgan fingerprint density at radius 2 is 1.95 bits per heavy atom. The van der Waals surface area contributed by atoms with Gasteiger partial charge in [0.2, 0.25) is 4.96 Å². The van der Waals surface area contributed by atoms with Crippen LogP contribution in [0.1, 0.15) is 16.3 Å². The molecule has 0 saturated carbocycles. The minimum absolute atomic E-state index is 0.0361. The molecule has 3 rings (SSSR count). The maximum absolute atomic E-state index is 12.9. The number of hydrogen-bond donors (Lipinski definition) is 1. The van der Waals surface area contributed by atoms with Gasteiger partial charge in [0.1, 0.15) is 10.8 Å². The van der Waals surface area contributed by atoms with Crippen molar-refractivity contribution in [1.29, 1.82) is 0 Å². The molecule has 3 aromatic rings. The number of nitrogens with zero attached hydrogens (tertiary/aromatic N) is 3. The summed E-state index contributed by atoms with van der Waals surface area (Å²) in [6.07, 6.45) is 0. The van der Waals surface area contributed by atoms with Crippen LogP contribution in [0.25, 0.3) is 4.96 Å². The Kier molecular flexibility index (Phi) is 3.71. The van der Waals surface area contributed by atoms with E-state index in [9.17, 15) is 12.8 Å². The minimum atomic E-state index is -3.77. The van der Waals surface area contributed by atoms with Crippen LogP contribution in [0.2, 0.25) is 0 Å². The molecule has 0 saturated heterocycles. The fourth-order valence-corrected chi connectivity index (χ4v) is 4.21. The van der Waals surface area contributed by atoms with Gasteiger partial charge in [0.05, 0.1) is 5.69 Å². The lowest BCUT2D eigenvalue weighted by Crippen LogP contribution is -2.25. The van der Waals surface area contributed by atoms with E-state index in [-0.39, 0.29) is 17.4 Å². The Labute approximate surface area is 130 Å². The Morgan fingerprint density at radius 1 is 1.27 bits per heavy atom. The number of sulfonamides is 1. The van der Waals surface area contributed by atoms with E-state index in [2.05, 4.69) is 14.8 Å². The molecule has 0 spiro atoms. The standard InChI is InChI=1S/C13H13FN4O2S2/c1-8-12(18-13(16-8)21-9(2)17-18)22(19,20)15-7-10-3-5-11(14)6-4-10/h3-6,15H,7H2,1-2H3. The average Bonchev–Trinajstić information content (AvgIpc) is 2.92. The molecule has 0 fully saturated rings. The van der Waals surface area contributed by atoms with Crippen LogP contribution in [0.4, 0.5) is 4.39 Å². The molecule has 6 nitrogen and oxygen atoms in total. The van der Waals surface area contributed by atoms with Crippen molar-refractivity contribution >= 4 is 26.3 Å². The molecule has 116 valence electrons. The summed E-state index contributed by atoms with van der Waals surface area (Å²) in [5, 5.41) is 4.94. The highest BCUT2D eigenvalue weighted by Crippen LogP contribution is 2.21. The van der Waals surface area contributed by atoms with Crippen molar-refractivity contribution in [2.24, 2.45) is 0 Å². The lowest BCUT2D eigenvalue weighted by molar-refractivity contribution is 0.572. The Bertz CT molecular complexity index is 929. The van der Waals surface area contributed by atoms with Crippen LogP contribution in [0.3, 0.4) is 0 Å². The number of fused-ring (bicyclic) bond motifs is 1. The summed E-state index contributed by atoms with van der Waals surface area (Å²) in [6, 6.07) is 5.64. The van der Waals surface area contributed by atoms with Gasteiger partial charge < -0.3 is 0 Å². The van der Waals surface area contributed by atoms with Crippen LogP contribution in [0.15, 0.2) is 29.3 Å². The first-order valence-corrected chi connectivity index (χ1v) is 8.73. The van der Waals surface area contributed by atoms with E-state index in [0.29, 0.717) is 16.2 Å². The molecule has 2 aromatic heterocycles. The lowest BCUT2D eigenvalue weighted by atomic mass is 10.2. The lowest BCUT2D eigenvalue weighted by Gasteiger charge is -2.06. The van der Waals surface area contributed by atoms with E-state index >= 15 is 0 Å². The molecular formula is C13H13FN4O2S2. The molecule has 0 aliphatic carbocycles. The summed E-state index contributed by atoms with van der Waals surface area (Å²) in [4.78, 5) is 4.76. The molecule has 0 aliphatic heterocycles. The summed E-state index contributed by atoms with van der Waals surface area (Å²) in [5.41, 5.74) is 1.06. The Hall–Kier alpha value is -1.84. The third-order valence-electron chi connectivity index (χ3n) is 3.06. The van der Waals surface area contributed by atoms with Gasteiger partial charge in [-0.3, -0.25) is 0 Å². The van der Waals surface area contributed by atoms with E-state index in [1.807, 2.05) is 0 Å². The molecule has 1 N–H and O–H groups in total. The first kappa shape index (κ1) is 15.1. The minimum Gasteiger partial charge on any atom is -0.221 e. The van der Waals surface area contributed by atoms with Gasteiger partial charge in [-0.15, -0.1) is 0 Å². The molecule has 2 heterocycles. The predicted octanol–water partition coefficient (Wildman–Crippen LogP) is 2.03. The van der Waals surface area contributed by atoms with Crippen LogP contribution in [0, 0.1) is 19.7 Å². The van der Waals surface area contributed by atoms with E-state index in [1.54, 1.807) is 13.8 Å². The third-order valence-corrected chi connectivity index (χ3v) is 5.39. The second-order valence-electron chi connectivity index (χ2n) is 4.77. The summed E-state index contributed by atoms with van der Waals surface area (Å²) in [7, 11) is -3.77. The number of aromatic nitrogens is 3. The number of hydrogen-bond acceptors (Lipinski definition) is 5. The topological polar surface area (TPSA) is 76.4 Å². The van der Waals surface area contributed by atoms with E-state index in [4.69, 9.17) is 0 Å². The molecule has 22 heavy (non-hydrogen) atoms. The molecule has 0 radical (unpaired) electrons. The molecule has 9 heteroatoms. The highest BCUT2D eigenvalue weighted by molar-refractivity contribution is 7.89. The molecule has 0 aliphatic rings. The Morgan fingerprint density at radius 3 is 2.64 bits per heavy atom. The summed E-state index contributed by atoms with van der Waals surface area (Å²) in [6.45, 7) is 3.48. The van der Waals surface area contributed by atoms with E-state index < -0.39 is 10.0 Å². The molecule has 1 aromatic carbocycles. The number of imidazole rings is 1. The predicted molar refractivity (Wildman–Crippen MR) is 80.8 cm³/mol. The quantitative estimate of drug-likeness (QED) is 0.788. The van der Waals surface area contributed by atoms with Gasteiger partial charge in [0.15, 0.2) is 5.03 Å². The summed E-state index contributed by atoms with van der Waals surface area (Å²) < 4.78 is 41.7. The van der Waals surface area contributed by atoms with Crippen molar-refractivity contribution in [3.8, 4) is 0 Å². The number of benzene rings is 1. The van der Waals surface area contributed by atoms with Crippen molar-refractivity contribution in [2.75, 3.05) is 0 Å². The highest BCUT2D eigenvalue weighted by Gasteiger charge is 2.25. The van der Waals surface area contributed by atoms with Crippen molar-refractivity contribution in [1.82, 2.24) is 19.3 Å². The van der Waals surface area contributed by atoms with Gasteiger partial charge in [-0.25, -0.2) is 22.5 Å². The summed E-state index contributed by atoms with van der Waals surface area (Å²) >= 11 is 1.33. The number of aryl methyl sites for hydroxylation is 2. The zero-order chi connectivity index (χ0) is 15.9. The molecule has 0 amide bonds. The largest absolute Gasteiger partial charge is 0.260 e. The number of halogens is 1. The zero-order valence-corrected chi connectivity index (χ0v) is 13.5.